The van der Waals surface area contributed by atoms with Crippen molar-refractivity contribution in [2.75, 3.05) is 13.2 Å². The lowest BCUT2D eigenvalue weighted by Crippen LogP contribution is -2.02. The minimum atomic E-state index is -0.833. The van der Waals surface area contributed by atoms with Gasteiger partial charge >= 0.3 is 0 Å². The summed E-state index contributed by atoms with van der Waals surface area (Å²) in [6.07, 6.45) is 0.644. The third kappa shape index (κ3) is 7.39. The molecule has 1 aliphatic rings. The van der Waals surface area contributed by atoms with Crippen molar-refractivity contribution in [3.63, 3.8) is 0 Å². The summed E-state index contributed by atoms with van der Waals surface area (Å²) in [7, 11) is 0. The number of carboxylic acids is 1. The van der Waals surface area contributed by atoms with E-state index >= 15 is 0 Å². The van der Waals surface area contributed by atoms with Crippen molar-refractivity contribution >= 4 is 5.97 Å². The predicted octanol–water partition coefficient (Wildman–Crippen LogP) is -0.141. The molecule has 4 nitrogen and oxygen atoms in total. The molecule has 0 aromatic rings. The number of aliphatic hydroxyl groups is 1. The molecule has 1 saturated heterocycles. The third-order valence-electron chi connectivity index (χ3n) is 0.906. The zero-order valence-corrected chi connectivity index (χ0v) is 5.91. The summed E-state index contributed by atoms with van der Waals surface area (Å²) >= 11 is 0. The van der Waals surface area contributed by atoms with Crippen LogP contribution in [-0.4, -0.2) is 35.5 Å². The smallest absolute Gasteiger partial charge is 0.300 e. The van der Waals surface area contributed by atoms with Crippen molar-refractivity contribution in [3.8, 4) is 0 Å². The minimum Gasteiger partial charge on any atom is -0.481 e. The van der Waals surface area contributed by atoms with Crippen molar-refractivity contribution in [2.24, 2.45) is 0 Å². The molecule has 1 aliphatic heterocycles. The number of carboxylic acid groups (broad SMARTS) is 1. The molecule has 1 unspecified atom stereocenters. The summed E-state index contributed by atoms with van der Waals surface area (Å²) in [4.78, 5) is 9.00. The van der Waals surface area contributed by atoms with Gasteiger partial charge in [-0.05, 0) is 6.42 Å². The first-order valence-electron chi connectivity index (χ1n) is 3.08. The first kappa shape index (κ1) is 9.39. The Labute approximate surface area is 59.4 Å². The summed E-state index contributed by atoms with van der Waals surface area (Å²) in [5.74, 6) is -0.833. The van der Waals surface area contributed by atoms with E-state index in [1.54, 1.807) is 0 Å². The Kier molecular flexibility index (Phi) is 4.88. The zero-order valence-electron chi connectivity index (χ0n) is 5.91. The van der Waals surface area contributed by atoms with Crippen LogP contribution in [0.25, 0.3) is 0 Å². The lowest BCUT2D eigenvalue weighted by molar-refractivity contribution is -0.134. The van der Waals surface area contributed by atoms with Crippen molar-refractivity contribution in [1.29, 1.82) is 0 Å². The van der Waals surface area contributed by atoms with Gasteiger partial charge < -0.3 is 14.9 Å². The van der Waals surface area contributed by atoms with Crippen LogP contribution in [0.15, 0.2) is 0 Å². The van der Waals surface area contributed by atoms with Gasteiger partial charge in [-0.1, -0.05) is 0 Å². The lowest BCUT2D eigenvalue weighted by Gasteiger charge is -1.89. The van der Waals surface area contributed by atoms with E-state index in [4.69, 9.17) is 19.7 Å². The van der Waals surface area contributed by atoms with Gasteiger partial charge in [0.05, 0.1) is 12.7 Å². The van der Waals surface area contributed by atoms with E-state index < -0.39 is 5.97 Å². The Hall–Kier alpha value is -0.610. The van der Waals surface area contributed by atoms with E-state index in [1.807, 2.05) is 0 Å². The van der Waals surface area contributed by atoms with Crippen LogP contribution in [0, 0.1) is 0 Å². The van der Waals surface area contributed by atoms with Crippen molar-refractivity contribution in [3.05, 3.63) is 0 Å². The molecule has 0 aromatic heterocycles. The summed E-state index contributed by atoms with van der Waals surface area (Å²) < 4.78 is 4.81. The van der Waals surface area contributed by atoms with Gasteiger partial charge in [-0.15, -0.1) is 0 Å². The average Bonchev–Trinajstić information content (AvgIpc) is 2.15. The highest BCUT2D eigenvalue weighted by molar-refractivity contribution is 5.62. The van der Waals surface area contributed by atoms with E-state index in [1.165, 1.54) is 0 Å². The largest absolute Gasteiger partial charge is 0.481 e. The number of aliphatic hydroxyl groups excluding tert-OH is 1. The second-order valence-electron chi connectivity index (χ2n) is 2.04. The normalized spacial score (nSPS) is 23.2. The molecule has 0 bridgehead atoms. The predicted molar refractivity (Wildman–Crippen MR) is 34.8 cm³/mol. The average molecular weight is 148 g/mol. The van der Waals surface area contributed by atoms with E-state index in [2.05, 4.69) is 0 Å². The fourth-order valence-corrected chi connectivity index (χ4v) is 0.522. The molecule has 60 valence electrons. The van der Waals surface area contributed by atoms with E-state index in [-0.39, 0.29) is 6.10 Å². The van der Waals surface area contributed by atoms with Gasteiger partial charge in [0.15, 0.2) is 0 Å². The molecule has 0 saturated carbocycles. The molecule has 1 heterocycles. The second kappa shape index (κ2) is 5.20. The van der Waals surface area contributed by atoms with Crippen LogP contribution in [-0.2, 0) is 9.53 Å². The van der Waals surface area contributed by atoms with Crippen molar-refractivity contribution in [1.82, 2.24) is 0 Å². The van der Waals surface area contributed by atoms with Gasteiger partial charge in [0.25, 0.3) is 5.97 Å². The second-order valence-corrected chi connectivity index (χ2v) is 2.04. The number of rotatable bonds is 0. The fourth-order valence-electron chi connectivity index (χ4n) is 0.522. The van der Waals surface area contributed by atoms with Crippen LogP contribution in [0.4, 0.5) is 0 Å². The molecule has 0 spiro atoms. The molecule has 0 aliphatic carbocycles. The molecule has 10 heavy (non-hydrogen) atoms. The molecule has 1 fully saturated rings. The number of ether oxygens (including phenoxy) is 1. The van der Waals surface area contributed by atoms with Crippen LogP contribution in [0.3, 0.4) is 0 Å². The summed E-state index contributed by atoms with van der Waals surface area (Å²) in [6.45, 7) is 2.36. The lowest BCUT2D eigenvalue weighted by atomic mass is 10.3. The van der Waals surface area contributed by atoms with Crippen LogP contribution in [0.2, 0.25) is 0 Å². The summed E-state index contributed by atoms with van der Waals surface area (Å²) in [5.41, 5.74) is 0. The van der Waals surface area contributed by atoms with E-state index in [0.717, 1.165) is 20.0 Å². The molecular weight excluding hydrogens is 136 g/mol. The summed E-state index contributed by atoms with van der Waals surface area (Å²) in [5, 5.41) is 16.0. The first-order valence-corrected chi connectivity index (χ1v) is 3.08. The Bertz CT molecular complexity index is 91.9. The van der Waals surface area contributed by atoms with Crippen molar-refractivity contribution in [2.45, 2.75) is 19.4 Å². The van der Waals surface area contributed by atoms with Gasteiger partial charge in [-0.25, -0.2) is 0 Å². The molecule has 1 rings (SSSR count). The summed E-state index contributed by atoms with van der Waals surface area (Å²) in [6, 6.07) is 0. The maximum atomic E-state index is 9.00. The van der Waals surface area contributed by atoms with Gasteiger partial charge in [0, 0.05) is 13.5 Å². The van der Waals surface area contributed by atoms with Gasteiger partial charge in [-0.3, -0.25) is 4.79 Å². The molecule has 4 heteroatoms. The maximum Gasteiger partial charge on any atom is 0.300 e. The quantitative estimate of drug-likeness (QED) is 0.501. The van der Waals surface area contributed by atoms with Crippen LogP contribution in [0.5, 0.6) is 0 Å². The maximum absolute atomic E-state index is 9.00. The monoisotopic (exact) mass is 148 g/mol. The Balaban J connectivity index is 0.000000180. The van der Waals surface area contributed by atoms with Gasteiger partial charge in [0.1, 0.15) is 0 Å². The molecule has 0 radical (unpaired) electrons. The molecule has 1 atom stereocenters. The molecule has 0 amide bonds. The standard InChI is InChI=1S/C4H8O2.C2H4O2/c5-4-1-2-6-3-4;1-2(3)4/h4-5H,1-3H2;1H3,(H,3,4). The highest BCUT2D eigenvalue weighted by atomic mass is 16.5. The third-order valence-corrected chi connectivity index (χ3v) is 0.906. The minimum absolute atomic E-state index is 0.176. The highest BCUT2D eigenvalue weighted by Gasteiger charge is 2.09. The Morgan fingerprint density at radius 3 is 2.30 bits per heavy atom. The number of hydrogen-bond donors (Lipinski definition) is 2. The first-order chi connectivity index (χ1) is 4.63. The molecular formula is C6H12O4. The fraction of sp³-hybridized carbons (Fsp3) is 0.833. The van der Waals surface area contributed by atoms with Crippen LogP contribution >= 0.6 is 0 Å². The van der Waals surface area contributed by atoms with E-state index in [0.29, 0.717) is 6.61 Å². The SMILES string of the molecule is CC(=O)O.OC1CCOC1. The molecule has 2 N–H and O–H groups in total. The topological polar surface area (TPSA) is 66.8 Å². The highest BCUT2D eigenvalue weighted by Crippen LogP contribution is 2.00. The zero-order chi connectivity index (χ0) is 7.98. The Morgan fingerprint density at radius 2 is 2.20 bits per heavy atom. The Morgan fingerprint density at radius 1 is 1.70 bits per heavy atom. The number of carbonyl (C=O) groups is 1. The number of hydrogen-bond acceptors (Lipinski definition) is 3. The van der Waals surface area contributed by atoms with Crippen LogP contribution in [0.1, 0.15) is 13.3 Å². The van der Waals surface area contributed by atoms with E-state index in [9.17, 15) is 0 Å². The van der Waals surface area contributed by atoms with Gasteiger partial charge in [-0.2, -0.15) is 0 Å². The number of aliphatic carboxylic acids is 1. The van der Waals surface area contributed by atoms with Gasteiger partial charge in [0.2, 0.25) is 0 Å². The van der Waals surface area contributed by atoms with Crippen LogP contribution < -0.4 is 0 Å². The molecule has 0 aromatic carbocycles. The van der Waals surface area contributed by atoms with Crippen molar-refractivity contribution < 1.29 is 19.7 Å².